The Labute approximate surface area is 127 Å². The first-order valence-corrected chi connectivity index (χ1v) is 7.02. The van der Waals surface area contributed by atoms with Crippen molar-refractivity contribution in [1.82, 2.24) is 4.98 Å². The Kier molecular flexibility index (Phi) is 3.66. The SMILES string of the molecule is N/C(=N/O)c1ccnc(N2CCc3ccccc3C2)c1Cl. The van der Waals surface area contributed by atoms with E-state index in [9.17, 15) is 0 Å². The zero-order valence-corrected chi connectivity index (χ0v) is 12.1. The molecule has 6 heteroatoms. The number of hydrogen-bond acceptors (Lipinski definition) is 4. The molecule has 3 rings (SSSR count). The van der Waals surface area contributed by atoms with Crippen molar-refractivity contribution in [3.8, 4) is 0 Å². The van der Waals surface area contributed by atoms with Crippen LogP contribution in [0, 0.1) is 0 Å². The summed E-state index contributed by atoms with van der Waals surface area (Å²) in [5.41, 5.74) is 8.76. The zero-order chi connectivity index (χ0) is 14.8. The summed E-state index contributed by atoms with van der Waals surface area (Å²) in [6, 6.07) is 9.99. The highest BCUT2D eigenvalue weighted by molar-refractivity contribution is 6.36. The number of hydrogen-bond donors (Lipinski definition) is 2. The minimum Gasteiger partial charge on any atom is -0.409 e. The van der Waals surface area contributed by atoms with Crippen LogP contribution in [0.15, 0.2) is 41.7 Å². The van der Waals surface area contributed by atoms with E-state index in [-0.39, 0.29) is 5.84 Å². The smallest absolute Gasteiger partial charge is 0.171 e. The lowest BCUT2D eigenvalue weighted by Crippen LogP contribution is -2.31. The summed E-state index contributed by atoms with van der Waals surface area (Å²) in [4.78, 5) is 6.46. The fourth-order valence-electron chi connectivity index (χ4n) is 2.58. The van der Waals surface area contributed by atoms with Gasteiger partial charge >= 0.3 is 0 Å². The average Bonchev–Trinajstić information content (AvgIpc) is 2.54. The molecule has 0 radical (unpaired) electrons. The van der Waals surface area contributed by atoms with Gasteiger partial charge < -0.3 is 15.8 Å². The van der Waals surface area contributed by atoms with E-state index in [0.717, 1.165) is 19.5 Å². The number of anilines is 1. The van der Waals surface area contributed by atoms with Gasteiger partial charge in [0.15, 0.2) is 5.84 Å². The van der Waals surface area contributed by atoms with E-state index in [1.54, 1.807) is 12.3 Å². The third kappa shape index (κ3) is 2.52. The quantitative estimate of drug-likeness (QED) is 0.386. The second-order valence-corrected chi connectivity index (χ2v) is 5.30. The maximum absolute atomic E-state index is 8.81. The number of nitrogens with two attached hydrogens (primary N) is 1. The first-order valence-electron chi connectivity index (χ1n) is 6.65. The molecule has 108 valence electrons. The van der Waals surface area contributed by atoms with Gasteiger partial charge in [-0.05, 0) is 23.6 Å². The van der Waals surface area contributed by atoms with Gasteiger partial charge in [0.05, 0.1) is 5.02 Å². The molecule has 0 amide bonds. The summed E-state index contributed by atoms with van der Waals surface area (Å²) in [5.74, 6) is 0.649. The van der Waals surface area contributed by atoms with Gasteiger partial charge in [0, 0.05) is 24.8 Å². The lowest BCUT2D eigenvalue weighted by molar-refractivity contribution is 0.318. The highest BCUT2D eigenvalue weighted by atomic mass is 35.5. The van der Waals surface area contributed by atoms with E-state index in [1.807, 2.05) is 6.07 Å². The molecule has 1 aromatic heterocycles. The van der Waals surface area contributed by atoms with Crippen LogP contribution in [0.2, 0.25) is 5.02 Å². The number of oxime groups is 1. The molecule has 1 aromatic carbocycles. The molecule has 0 fully saturated rings. The van der Waals surface area contributed by atoms with Crippen LogP contribution in [0.25, 0.3) is 0 Å². The normalized spacial score (nSPS) is 14.9. The largest absolute Gasteiger partial charge is 0.409 e. The van der Waals surface area contributed by atoms with Gasteiger partial charge in [0.25, 0.3) is 0 Å². The van der Waals surface area contributed by atoms with Crippen LogP contribution in [0.1, 0.15) is 16.7 Å². The van der Waals surface area contributed by atoms with Crippen LogP contribution in [-0.4, -0.2) is 22.6 Å². The number of benzene rings is 1. The maximum atomic E-state index is 8.81. The topological polar surface area (TPSA) is 74.7 Å². The van der Waals surface area contributed by atoms with Crippen molar-refractivity contribution >= 4 is 23.3 Å². The first-order chi connectivity index (χ1) is 10.2. The van der Waals surface area contributed by atoms with Gasteiger partial charge in [-0.25, -0.2) is 4.98 Å². The van der Waals surface area contributed by atoms with Crippen LogP contribution in [-0.2, 0) is 13.0 Å². The van der Waals surface area contributed by atoms with Gasteiger partial charge in [0.1, 0.15) is 5.82 Å². The molecule has 1 aliphatic rings. The molecule has 2 aromatic rings. The Hall–Kier alpha value is -2.27. The van der Waals surface area contributed by atoms with Crippen molar-refractivity contribution in [1.29, 1.82) is 0 Å². The molecule has 0 atom stereocenters. The van der Waals surface area contributed by atoms with Crippen molar-refractivity contribution in [2.24, 2.45) is 10.9 Å². The van der Waals surface area contributed by atoms with Gasteiger partial charge in [-0.2, -0.15) is 0 Å². The van der Waals surface area contributed by atoms with Gasteiger partial charge in [-0.3, -0.25) is 0 Å². The number of rotatable bonds is 2. The third-order valence-electron chi connectivity index (χ3n) is 3.68. The average molecular weight is 303 g/mol. The summed E-state index contributed by atoms with van der Waals surface area (Å²) in [6.07, 6.45) is 2.57. The van der Waals surface area contributed by atoms with Crippen molar-refractivity contribution in [3.05, 3.63) is 58.2 Å². The Balaban J connectivity index is 1.96. The van der Waals surface area contributed by atoms with Crippen LogP contribution < -0.4 is 10.6 Å². The second-order valence-electron chi connectivity index (χ2n) is 4.92. The molecule has 5 nitrogen and oxygen atoms in total. The van der Waals surface area contributed by atoms with E-state index in [1.165, 1.54) is 11.1 Å². The van der Waals surface area contributed by atoms with E-state index >= 15 is 0 Å². The van der Waals surface area contributed by atoms with E-state index in [0.29, 0.717) is 16.4 Å². The minimum atomic E-state index is -0.0129. The van der Waals surface area contributed by atoms with Crippen molar-refractivity contribution in [3.63, 3.8) is 0 Å². The molecule has 0 unspecified atom stereocenters. The summed E-state index contributed by atoms with van der Waals surface area (Å²) < 4.78 is 0. The monoisotopic (exact) mass is 302 g/mol. The van der Waals surface area contributed by atoms with Gasteiger partial charge in [-0.1, -0.05) is 41.0 Å². The Bertz CT molecular complexity index is 702. The molecule has 2 heterocycles. The van der Waals surface area contributed by atoms with E-state index in [4.69, 9.17) is 22.5 Å². The molecule has 0 saturated carbocycles. The standard InChI is InChI=1S/C15H15ClN4O/c16-13-12(14(17)19-21)5-7-18-15(13)20-8-6-10-3-1-2-4-11(10)9-20/h1-5,7,21H,6,8-9H2,(H2,17,19). The Morgan fingerprint density at radius 3 is 2.81 bits per heavy atom. The first kappa shape index (κ1) is 13.7. The summed E-state index contributed by atoms with van der Waals surface area (Å²) >= 11 is 6.37. The Morgan fingerprint density at radius 1 is 1.29 bits per heavy atom. The summed E-state index contributed by atoms with van der Waals surface area (Å²) in [7, 11) is 0. The van der Waals surface area contributed by atoms with Crippen molar-refractivity contribution < 1.29 is 5.21 Å². The van der Waals surface area contributed by atoms with Gasteiger partial charge in [-0.15, -0.1) is 0 Å². The second kappa shape index (κ2) is 5.61. The predicted molar refractivity (Wildman–Crippen MR) is 83.0 cm³/mol. The van der Waals surface area contributed by atoms with Crippen LogP contribution in [0.5, 0.6) is 0 Å². The van der Waals surface area contributed by atoms with Gasteiger partial charge in [0.2, 0.25) is 0 Å². The molecular weight excluding hydrogens is 288 g/mol. The number of aromatic nitrogens is 1. The lowest BCUT2D eigenvalue weighted by Gasteiger charge is -2.30. The number of nitrogens with zero attached hydrogens (tertiary/aromatic N) is 3. The molecule has 0 saturated heterocycles. The van der Waals surface area contributed by atoms with Crippen molar-refractivity contribution in [2.45, 2.75) is 13.0 Å². The molecule has 0 aliphatic carbocycles. The Morgan fingerprint density at radius 2 is 2.05 bits per heavy atom. The molecule has 1 aliphatic heterocycles. The molecule has 21 heavy (non-hydrogen) atoms. The van der Waals surface area contributed by atoms with Crippen LogP contribution in [0.4, 0.5) is 5.82 Å². The van der Waals surface area contributed by atoms with E-state index < -0.39 is 0 Å². The highest BCUT2D eigenvalue weighted by Gasteiger charge is 2.21. The molecule has 3 N–H and O–H groups in total. The van der Waals surface area contributed by atoms with Crippen molar-refractivity contribution in [2.75, 3.05) is 11.4 Å². The fraction of sp³-hybridized carbons (Fsp3) is 0.200. The lowest BCUT2D eigenvalue weighted by atomic mass is 10.00. The van der Waals surface area contributed by atoms with Crippen LogP contribution >= 0.6 is 11.6 Å². The number of pyridine rings is 1. The summed E-state index contributed by atoms with van der Waals surface area (Å²) in [6.45, 7) is 1.59. The molecule has 0 bridgehead atoms. The zero-order valence-electron chi connectivity index (χ0n) is 11.3. The minimum absolute atomic E-state index is 0.0129. The third-order valence-corrected chi connectivity index (χ3v) is 4.06. The van der Waals surface area contributed by atoms with Crippen LogP contribution in [0.3, 0.4) is 0 Å². The number of fused-ring (bicyclic) bond motifs is 1. The number of halogens is 1. The highest BCUT2D eigenvalue weighted by Crippen LogP contribution is 2.30. The maximum Gasteiger partial charge on any atom is 0.171 e. The summed E-state index contributed by atoms with van der Waals surface area (Å²) in [5, 5.41) is 12.2. The predicted octanol–water partition coefficient (Wildman–Crippen LogP) is 2.39. The van der Waals surface area contributed by atoms with E-state index in [2.05, 4.69) is 33.2 Å². The number of amidine groups is 1. The fourth-order valence-corrected chi connectivity index (χ4v) is 2.91. The molecular formula is C15H15ClN4O. The molecule has 0 spiro atoms.